The highest BCUT2D eigenvalue weighted by Gasteiger charge is 2.11. The Balaban J connectivity index is 1.89. The molecule has 0 aliphatic carbocycles. The predicted molar refractivity (Wildman–Crippen MR) is 101 cm³/mol. The molecule has 1 aromatic heterocycles. The van der Waals surface area contributed by atoms with Gasteiger partial charge in [0.15, 0.2) is 0 Å². The molecule has 0 aliphatic rings. The Bertz CT molecular complexity index is 676. The summed E-state index contributed by atoms with van der Waals surface area (Å²) in [7, 11) is 0. The van der Waals surface area contributed by atoms with Gasteiger partial charge < -0.3 is 0 Å². The molecule has 0 unspecified atom stereocenters. The molecule has 0 bridgehead atoms. The molecule has 0 aliphatic heterocycles. The summed E-state index contributed by atoms with van der Waals surface area (Å²) in [5, 5.41) is 4.54. The first kappa shape index (κ1) is 18.3. The van der Waals surface area contributed by atoms with Crippen LogP contribution in [-0.4, -0.2) is 33.8 Å². The van der Waals surface area contributed by atoms with Crippen LogP contribution < -0.4 is 0 Å². The average Bonchev–Trinajstić information content (AvgIpc) is 2.91. The lowest BCUT2D eigenvalue weighted by atomic mass is 10.2. The van der Waals surface area contributed by atoms with Gasteiger partial charge in [-0.2, -0.15) is 5.10 Å². The standard InChI is InChI=1S/C21H29N3/c1-5-19(3)23(14-9-13-21-11-7-6-8-12-21)15-10-16-24-20(4)17-18(2)22-24/h6-8,11-12,17,19H,5,10,14-16H2,1-4H3/t19-/m0/s1. The number of hydrogen-bond donors (Lipinski definition) is 0. The Morgan fingerprint density at radius 1 is 1.21 bits per heavy atom. The normalized spacial score (nSPS) is 12.0. The van der Waals surface area contributed by atoms with E-state index in [0.717, 1.165) is 43.7 Å². The van der Waals surface area contributed by atoms with Gasteiger partial charge in [0.1, 0.15) is 0 Å². The summed E-state index contributed by atoms with van der Waals surface area (Å²) >= 11 is 0. The van der Waals surface area contributed by atoms with E-state index < -0.39 is 0 Å². The molecular weight excluding hydrogens is 294 g/mol. The van der Waals surface area contributed by atoms with Crippen LogP contribution in [-0.2, 0) is 6.54 Å². The molecule has 24 heavy (non-hydrogen) atoms. The summed E-state index contributed by atoms with van der Waals surface area (Å²) in [5.74, 6) is 6.60. The Hall–Kier alpha value is -2.05. The second-order valence-corrected chi connectivity index (χ2v) is 6.40. The maximum atomic E-state index is 4.54. The van der Waals surface area contributed by atoms with E-state index in [9.17, 15) is 0 Å². The van der Waals surface area contributed by atoms with E-state index in [1.165, 1.54) is 5.69 Å². The lowest BCUT2D eigenvalue weighted by molar-refractivity contribution is 0.222. The van der Waals surface area contributed by atoms with Crippen LogP contribution in [0.25, 0.3) is 0 Å². The maximum absolute atomic E-state index is 4.54. The molecule has 0 N–H and O–H groups in total. The van der Waals surface area contributed by atoms with E-state index >= 15 is 0 Å². The van der Waals surface area contributed by atoms with Gasteiger partial charge in [-0.05, 0) is 51.8 Å². The van der Waals surface area contributed by atoms with Gasteiger partial charge in [0.05, 0.1) is 12.2 Å². The fourth-order valence-corrected chi connectivity index (χ4v) is 2.80. The first-order valence-electron chi connectivity index (χ1n) is 8.89. The highest BCUT2D eigenvalue weighted by atomic mass is 15.3. The van der Waals surface area contributed by atoms with Crippen LogP contribution in [0.15, 0.2) is 36.4 Å². The van der Waals surface area contributed by atoms with E-state index in [-0.39, 0.29) is 0 Å². The molecule has 0 saturated heterocycles. The number of nitrogens with zero attached hydrogens (tertiary/aromatic N) is 3. The zero-order valence-electron chi connectivity index (χ0n) is 15.4. The van der Waals surface area contributed by atoms with Crippen LogP contribution in [0.2, 0.25) is 0 Å². The average molecular weight is 323 g/mol. The van der Waals surface area contributed by atoms with Gasteiger partial charge in [-0.25, -0.2) is 0 Å². The molecule has 2 rings (SSSR count). The van der Waals surface area contributed by atoms with Crippen molar-refractivity contribution in [3.63, 3.8) is 0 Å². The third kappa shape index (κ3) is 5.54. The zero-order chi connectivity index (χ0) is 17.4. The van der Waals surface area contributed by atoms with Crippen LogP contribution in [0.3, 0.4) is 0 Å². The van der Waals surface area contributed by atoms with Gasteiger partial charge in [-0.15, -0.1) is 0 Å². The van der Waals surface area contributed by atoms with E-state index in [1.807, 2.05) is 25.1 Å². The van der Waals surface area contributed by atoms with Crippen LogP contribution in [0.4, 0.5) is 0 Å². The Kier molecular flexibility index (Phi) is 7.08. The largest absolute Gasteiger partial charge is 0.290 e. The molecule has 2 aromatic rings. The van der Waals surface area contributed by atoms with E-state index in [2.05, 4.69) is 65.5 Å². The molecule has 3 heteroatoms. The topological polar surface area (TPSA) is 21.1 Å². The van der Waals surface area contributed by atoms with Crippen molar-refractivity contribution >= 4 is 0 Å². The third-order valence-electron chi connectivity index (χ3n) is 4.42. The van der Waals surface area contributed by atoms with Crippen molar-refractivity contribution in [2.75, 3.05) is 13.1 Å². The molecule has 0 spiro atoms. The lowest BCUT2D eigenvalue weighted by Crippen LogP contribution is -2.34. The molecule has 3 nitrogen and oxygen atoms in total. The Morgan fingerprint density at radius 2 is 1.96 bits per heavy atom. The van der Waals surface area contributed by atoms with Gasteiger partial charge in [-0.3, -0.25) is 9.58 Å². The molecule has 128 valence electrons. The Labute approximate surface area is 146 Å². The van der Waals surface area contributed by atoms with Crippen molar-refractivity contribution in [2.45, 2.75) is 53.1 Å². The minimum atomic E-state index is 0.551. The SMILES string of the molecule is CC[C@H](C)N(CC#Cc1ccccc1)CCCn1nc(C)cc1C. The fourth-order valence-electron chi connectivity index (χ4n) is 2.80. The number of benzene rings is 1. The first-order chi connectivity index (χ1) is 11.6. The molecule has 0 amide bonds. The summed E-state index contributed by atoms with van der Waals surface area (Å²) in [5.41, 5.74) is 3.43. The molecule has 1 aromatic carbocycles. The summed E-state index contributed by atoms with van der Waals surface area (Å²) < 4.78 is 2.11. The smallest absolute Gasteiger partial charge is 0.0607 e. The molecule has 1 heterocycles. The van der Waals surface area contributed by atoms with Crippen LogP contribution in [0, 0.1) is 25.7 Å². The molecule has 1 atom stereocenters. The number of hydrogen-bond acceptors (Lipinski definition) is 2. The van der Waals surface area contributed by atoms with Gasteiger partial charge >= 0.3 is 0 Å². The zero-order valence-corrected chi connectivity index (χ0v) is 15.4. The number of rotatable bonds is 7. The van der Waals surface area contributed by atoms with Gasteiger partial charge in [0.2, 0.25) is 0 Å². The van der Waals surface area contributed by atoms with Crippen molar-refractivity contribution in [2.24, 2.45) is 0 Å². The number of aryl methyl sites for hydroxylation is 3. The highest BCUT2D eigenvalue weighted by Crippen LogP contribution is 2.07. The second-order valence-electron chi connectivity index (χ2n) is 6.40. The summed E-state index contributed by atoms with van der Waals surface area (Å²) in [6.45, 7) is 11.5. The van der Waals surface area contributed by atoms with Crippen molar-refractivity contribution in [1.82, 2.24) is 14.7 Å². The minimum absolute atomic E-state index is 0.551. The maximum Gasteiger partial charge on any atom is 0.0607 e. The van der Waals surface area contributed by atoms with E-state index in [1.54, 1.807) is 0 Å². The molecular formula is C21H29N3. The van der Waals surface area contributed by atoms with Crippen molar-refractivity contribution < 1.29 is 0 Å². The molecule has 0 fully saturated rings. The van der Waals surface area contributed by atoms with Gasteiger partial charge in [0, 0.05) is 30.4 Å². The van der Waals surface area contributed by atoms with Crippen molar-refractivity contribution in [3.8, 4) is 11.8 Å². The fraction of sp³-hybridized carbons (Fsp3) is 0.476. The van der Waals surface area contributed by atoms with Gasteiger partial charge in [-0.1, -0.05) is 37.0 Å². The van der Waals surface area contributed by atoms with Crippen LogP contribution in [0.5, 0.6) is 0 Å². The first-order valence-corrected chi connectivity index (χ1v) is 8.89. The molecule has 0 radical (unpaired) electrons. The Morgan fingerprint density at radius 3 is 2.58 bits per heavy atom. The monoisotopic (exact) mass is 323 g/mol. The summed E-state index contributed by atoms with van der Waals surface area (Å²) in [6, 6.07) is 12.9. The van der Waals surface area contributed by atoms with Crippen LogP contribution in [0.1, 0.15) is 43.6 Å². The third-order valence-corrected chi connectivity index (χ3v) is 4.42. The van der Waals surface area contributed by atoms with Crippen molar-refractivity contribution in [3.05, 3.63) is 53.3 Å². The second kappa shape index (κ2) is 9.30. The minimum Gasteiger partial charge on any atom is -0.290 e. The summed E-state index contributed by atoms with van der Waals surface area (Å²) in [6.07, 6.45) is 2.24. The predicted octanol–water partition coefficient (Wildman–Crippen LogP) is 4.04. The molecule has 0 saturated carbocycles. The van der Waals surface area contributed by atoms with Crippen LogP contribution >= 0.6 is 0 Å². The highest BCUT2D eigenvalue weighted by molar-refractivity contribution is 5.33. The van der Waals surface area contributed by atoms with Gasteiger partial charge in [0.25, 0.3) is 0 Å². The van der Waals surface area contributed by atoms with E-state index in [4.69, 9.17) is 0 Å². The number of aromatic nitrogens is 2. The lowest BCUT2D eigenvalue weighted by Gasteiger charge is -2.26. The quantitative estimate of drug-likeness (QED) is 0.717. The summed E-state index contributed by atoms with van der Waals surface area (Å²) in [4.78, 5) is 2.47. The van der Waals surface area contributed by atoms with E-state index in [0.29, 0.717) is 6.04 Å². The van der Waals surface area contributed by atoms with Crippen molar-refractivity contribution in [1.29, 1.82) is 0 Å².